The number of hydrogen-bond donors (Lipinski definition) is 2. The number of aromatic nitrogens is 2. The van der Waals surface area contributed by atoms with Crippen LogP contribution in [-0.2, 0) is 20.1 Å². The van der Waals surface area contributed by atoms with Gasteiger partial charge in [-0.15, -0.1) is 24.0 Å². The number of halogens is 1. The summed E-state index contributed by atoms with van der Waals surface area (Å²) in [4.78, 5) is 4.21. The molecule has 0 aliphatic rings. The van der Waals surface area contributed by atoms with Gasteiger partial charge in [-0.05, 0) is 19.9 Å². The van der Waals surface area contributed by atoms with Crippen LogP contribution >= 0.6 is 24.0 Å². The highest BCUT2D eigenvalue weighted by Crippen LogP contribution is 2.11. The normalized spacial score (nSPS) is 11.1. The highest BCUT2D eigenvalue weighted by Gasteiger charge is 2.09. The molecule has 6 nitrogen and oxygen atoms in total. The zero-order valence-electron chi connectivity index (χ0n) is 12.8. The minimum absolute atomic E-state index is 0. The quantitative estimate of drug-likeness (QED) is 0.466. The smallest absolute Gasteiger partial charge is 0.191 e. The van der Waals surface area contributed by atoms with Gasteiger partial charge in [-0.3, -0.25) is 9.67 Å². The van der Waals surface area contributed by atoms with Gasteiger partial charge in [-0.1, -0.05) is 0 Å². The molecular weight excluding hydrogens is 381 g/mol. The van der Waals surface area contributed by atoms with Gasteiger partial charge in [0, 0.05) is 44.0 Å². The van der Waals surface area contributed by atoms with Gasteiger partial charge < -0.3 is 15.1 Å². The summed E-state index contributed by atoms with van der Waals surface area (Å²) in [5.74, 6) is 0.758. The number of furan rings is 1. The van der Waals surface area contributed by atoms with Gasteiger partial charge in [0.05, 0.1) is 18.2 Å². The Morgan fingerprint density at radius 2 is 2.05 bits per heavy atom. The van der Waals surface area contributed by atoms with E-state index < -0.39 is 0 Å². The highest BCUT2D eigenvalue weighted by atomic mass is 127. The van der Waals surface area contributed by atoms with E-state index in [1.54, 1.807) is 19.6 Å². The maximum absolute atomic E-state index is 5.03. The molecule has 0 aliphatic heterocycles. The molecule has 0 saturated carbocycles. The van der Waals surface area contributed by atoms with Gasteiger partial charge in [0.1, 0.15) is 0 Å². The number of hydrogen-bond acceptors (Lipinski definition) is 3. The lowest BCUT2D eigenvalue weighted by Crippen LogP contribution is -2.36. The molecule has 0 aromatic carbocycles. The molecule has 2 N–H and O–H groups in total. The largest absolute Gasteiger partial charge is 0.472 e. The lowest BCUT2D eigenvalue weighted by atomic mass is 10.2. The molecule has 2 aromatic rings. The summed E-state index contributed by atoms with van der Waals surface area (Å²) in [6.07, 6.45) is 3.38. The summed E-state index contributed by atoms with van der Waals surface area (Å²) in [5.41, 5.74) is 4.50. The Morgan fingerprint density at radius 3 is 2.57 bits per heavy atom. The van der Waals surface area contributed by atoms with E-state index in [4.69, 9.17) is 4.42 Å². The fraction of sp³-hybridized carbons (Fsp3) is 0.429. The molecule has 0 radical (unpaired) electrons. The van der Waals surface area contributed by atoms with E-state index in [2.05, 4.69) is 27.6 Å². The first-order valence-corrected chi connectivity index (χ1v) is 6.56. The van der Waals surface area contributed by atoms with Crippen LogP contribution < -0.4 is 10.6 Å². The van der Waals surface area contributed by atoms with Crippen molar-refractivity contribution < 1.29 is 4.42 Å². The van der Waals surface area contributed by atoms with Gasteiger partial charge in [-0.25, -0.2) is 0 Å². The van der Waals surface area contributed by atoms with Crippen LogP contribution in [0.1, 0.15) is 22.5 Å². The molecule has 0 aliphatic carbocycles. The SMILES string of the molecule is CN=C(NCc1ccoc1)NCc1c(C)nn(C)c1C.I. The van der Waals surface area contributed by atoms with E-state index in [1.165, 1.54) is 11.3 Å². The van der Waals surface area contributed by atoms with E-state index in [1.807, 2.05) is 24.7 Å². The first-order valence-electron chi connectivity index (χ1n) is 6.56. The number of nitrogens with one attached hydrogen (secondary N) is 2. The molecule has 0 amide bonds. The van der Waals surface area contributed by atoms with Crippen LogP contribution in [0.25, 0.3) is 0 Å². The van der Waals surface area contributed by atoms with Crippen LogP contribution in [0.15, 0.2) is 28.0 Å². The van der Waals surface area contributed by atoms with Crippen LogP contribution in [-0.4, -0.2) is 22.8 Å². The zero-order valence-corrected chi connectivity index (χ0v) is 15.1. The van der Waals surface area contributed by atoms with Crippen molar-refractivity contribution in [1.82, 2.24) is 20.4 Å². The summed E-state index contributed by atoms with van der Waals surface area (Å²) >= 11 is 0. The van der Waals surface area contributed by atoms with Gasteiger partial charge in [-0.2, -0.15) is 5.10 Å². The van der Waals surface area contributed by atoms with Gasteiger partial charge in [0.2, 0.25) is 0 Å². The topological polar surface area (TPSA) is 67.4 Å². The van der Waals surface area contributed by atoms with Crippen molar-refractivity contribution in [3.8, 4) is 0 Å². The van der Waals surface area contributed by atoms with Crippen molar-refractivity contribution in [2.75, 3.05) is 7.05 Å². The van der Waals surface area contributed by atoms with Crippen molar-refractivity contribution in [2.24, 2.45) is 12.0 Å². The van der Waals surface area contributed by atoms with Crippen LogP contribution in [0.3, 0.4) is 0 Å². The molecule has 0 unspecified atom stereocenters. The van der Waals surface area contributed by atoms with Gasteiger partial charge >= 0.3 is 0 Å². The minimum atomic E-state index is 0. The molecule has 0 atom stereocenters. The van der Waals surface area contributed by atoms with Crippen molar-refractivity contribution >= 4 is 29.9 Å². The molecule has 2 aromatic heterocycles. The standard InChI is InChI=1S/C14H21N5O.HI/c1-10-13(11(2)19(4)18-10)8-17-14(15-3)16-7-12-5-6-20-9-12;/h5-6,9H,7-8H2,1-4H3,(H2,15,16,17);1H. The number of guanidine groups is 1. The lowest BCUT2D eigenvalue weighted by Gasteiger charge is -2.11. The average Bonchev–Trinajstić information content (AvgIpc) is 3.02. The fourth-order valence-corrected chi connectivity index (χ4v) is 2.05. The second kappa shape index (κ2) is 8.06. The lowest BCUT2D eigenvalue weighted by molar-refractivity contribution is 0.563. The molecule has 116 valence electrons. The van der Waals surface area contributed by atoms with Crippen LogP contribution in [0.5, 0.6) is 0 Å². The summed E-state index contributed by atoms with van der Waals surface area (Å²) in [5, 5.41) is 10.9. The van der Waals surface area contributed by atoms with Crippen molar-refractivity contribution in [3.05, 3.63) is 41.1 Å². The molecule has 2 rings (SSSR count). The fourth-order valence-electron chi connectivity index (χ4n) is 2.05. The Balaban J connectivity index is 0.00000220. The number of nitrogens with zero attached hydrogens (tertiary/aromatic N) is 3. The first-order chi connectivity index (χ1) is 9.61. The number of aliphatic imine (C=N–C) groups is 1. The second-order valence-corrected chi connectivity index (χ2v) is 4.68. The first kappa shape index (κ1) is 17.5. The summed E-state index contributed by atoms with van der Waals surface area (Å²) in [6.45, 7) is 5.47. The highest BCUT2D eigenvalue weighted by molar-refractivity contribution is 14.0. The molecule has 21 heavy (non-hydrogen) atoms. The Labute approximate surface area is 142 Å². The maximum Gasteiger partial charge on any atom is 0.191 e. The number of rotatable bonds is 4. The molecule has 0 bridgehead atoms. The summed E-state index contributed by atoms with van der Waals surface area (Å²) in [6, 6.07) is 1.93. The van der Waals surface area contributed by atoms with E-state index in [-0.39, 0.29) is 24.0 Å². The van der Waals surface area contributed by atoms with E-state index >= 15 is 0 Å². The molecule has 0 spiro atoms. The van der Waals surface area contributed by atoms with E-state index in [9.17, 15) is 0 Å². The zero-order chi connectivity index (χ0) is 14.5. The summed E-state index contributed by atoms with van der Waals surface area (Å²) < 4.78 is 6.93. The maximum atomic E-state index is 5.03. The Morgan fingerprint density at radius 1 is 1.33 bits per heavy atom. The predicted molar refractivity (Wildman–Crippen MR) is 93.8 cm³/mol. The third-order valence-electron chi connectivity index (χ3n) is 3.36. The van der Waals surface area contributed by atoms with Crippen LogP contribution in [0.2, 0.25) is 0 Å². The Hall–Kier alpha value is -1.51. The average molecular weight is 403 g/mol. The van der Waals surface area contributed by atoms with Gasteiger partial charge in [0.25, 0.3) is 0 Å². The van der Waals surface area contributed by atoms with Crippen molar-refractivity contribution in [3.63, 3.8) is 0 Å². The molecule has 2 heterocycles. The molecule has 7 heteroatoms. The predicted octanol–water partition coefficient (Wildman–Crippen LogP) is 2.11. The second-order valence-electron chi connectivity index (χ2n) is 4.68. The van der Waals surface area contributed by atoms with Crippen molar-refractivity contribution in [1.29, 1.82) is 0 Å². The van der Waals surface area contributed by atoms with Crippen molar-refractivity contribution in [2.45, 2.75) is 26.9 Å². The van der Waals surface area contributed by atoms with Crippen LogP contribution in [0.4, 0.5) is 0 Å². The third kappa shape index (κ3) is 4.48. The van der Waals surface area contributed by atoms with Gasteiger partial charge in [0.15, 0.2) is 5.96 Å². The number of aryl methyl sites for hydroxylation is 2. The molecule has 0 fully saturated rings. The van der Waals surface area contributed by atoms with E-state index in [0.29, 0.717) is 13.1 Å². The molecular formula is C14H22IN5O. The third-order valence-corrected chi connectivity index (χ3v) is 3.36. The Kier molecular flexibility index (Phi) is 6.73. The minimum Gasteiger partial charge on any atom is -0.472 e. The summed E-state index contributed by atoms with van der Waals surface area (Å²) in [7, 11) is 3.71. The monoisotopic (exact) mass is 403 g/mol. The molecule has 0 saturated heterocycles. The Bertz CT molecular complexity index is 589. The van der Waals surface area contributed by atoms with E-state index in [0.717, 1.165) is 17.2 Å². The van der Waals surface area contributed by atoms with Crippen LogP contribution in [0, 0.1) is 13.8 Å².